The van der Waals surface area contributed by atoms with E-state index in [1.54, 1.807) is 0 Å². The number of fused-ring (bicyclic) bond motifs is 5. The summed E-state index contributed by atoms with van der Waals surface area (Å²) in [5.74, 6) is 1.27. The largest absolute Gasteiger partial charge is 0.433 e. The monoisotopic (exact) mass is 409 g/mol. The van der Waals surface area contributed by atoms with Crippen LogP contribution < -0.4 is 5.46 Å². The molecule has 0 spiro atoms. The number of aromatic nitrogens is 1. The summed E-state index contributed by atoms with van der Waals surface area (Å²) in [6, 6.07) is 19.4. The van der Waals surface area contributed by atoms with Crippen LogP contribution >= 0.6 is 0 Å². The molecule has 4 aliphatic rings. The normalized spacial score (nSPS) is 28.6. The predicted octanol–water partition coefficient (Wildman–Crippen LogP) is 3.38. The Morgan fingerprint density at radius 3 is 2.77 bits per heavy atom. The molecular formula is C26H28BN3O. The Balaban J connectivity index is 1.47. The van der Waals surface area contributed by atoms with Crippen LogP contribution in [0.15, 0.2) is 73.4 Å². The molecule has 3 aromatic rings. The Morgan fingerprint density at radius 1 is 1.13 bits per heavy atom. The summed E-state index contributed by atoms with van der Waals surface area (Å²) in [5, 5.41) is 12.6. The lowest BCUT2D eigenvalue weighted by Crippen LogP contribution is -2.59. The molecule has 7 rings (SSSR count). The molecule has 0 radical (unpaired) electrons. The van der Waals surface area contributed by atoms with E-state index in [4.69, 9.17) is 0 Å². The molecule has 0 aliphatic carbocycles. The average molecular weight is 409 g/mol. The molecule has 4 aliphatic heterocycles. The van der Waals surface area contributed by atoms with Crippen LogP contribution in [0.4, 0.5) is 0 Å². The summed E-state index contributed by atoms with van der Waals surface area (Å²) in [5.41, 5.74) is 4.59. The number of hydrogen-bond acceptors (Lipinski definition) is 4. The average Bonchev–Trinajstić information content (AvgIpc) is 3.16. The van der Waals surface area contributed by atoms with Gasteiger partial charge in [0.25, 0.3) is 0 Å². The van der Waals surface area contributed by atoms with Gasteiger partial charge in [-0.05, 0) is 59.9 Å². The van der Waals surface area contributed by atoms with Gasteiger partial charge in [-0.3, -0.25) is 9.88 Å². The fourth-order valence-electron chi connectivity index (χ4n) is 6.33. The zero-order valence-electron chi connectivity index (χ0n) is 17.8. The molecule has 1 N–H and O–H groups in total. The lowest BCUT2D eigenvalue weighted by atomic mass is 9.69. The van der Waals surface area contributed by atoms with Gasteiger partial charge in [0.15, 0.2) is 0 Å². The van der Waals surface area contributed by atoms with Crippen LogP contribution in [0.2, 0.25) is 0 Å². The minimum atomic E-state index is -0.579. The molecule has 1 unspecified atom stereocenters. The van der Waals surface area contributed by atoms with Crippen LogP contribution in [0, 0.1) is 11.8 Å². The van der Waals surface area contributed by atoms with Crippen LogP contribution in [0.5, 0.6) is 0 Å². The summed E-state index contributed by atoms with van der Waals surface area (Å²) in [6.07, 6.45) is 6.49. The van der Waals surface area contributed by atoms with Crippen molar-refractivity contribution in [3.05, 3.63) is 84.6 Å². The third kappa shape index (κ3) is 3.07. The number of benzene rings is 2. The topological polar surface area (TPSA) is 39.6 Å². The molecule has 2 bridgehead atoms. The zero-order valence-corrected chi connectivity index (χ0v) is 17.8. The highest BCUT2D eigenvalue weighted by molar-refractivity contribution is 6.65. The van der Waals surface area contributed by atoms with Gasteiger partial charge in [-0.1, -0.05) is 48.5 Å². The second-order valence-electron chi connectivity index (χ2n) is 9.35. The molecule has 5 heterocycles. The number of pyridine rings is 1. The van der Waals surface area contributed by atoms with Crippen molar-refractivity contribution < 1.29 is 5.02 Å². The molecule has 3 fully saturated rings. The summed E-state index contributed by atoms with van der Waals surface area (Å²) in [6.45, 7) is 7.09. The van der Waals surface area contributed by atoms with Gasteiger partial charge in [0.2, 0.25) is 0 Å². The predicted molar refractivity (Wildman–Crippen MR) is 126 cm³/mol. The van der Waals surface area contributed by atoms with E-state index in [9.17, 15) is 5.02 Å². The Morgan fingerprint density at radius 2 is 1.97 bits per heavy atom. The fourth-order valence-corrected chi connectivity index (χ4v) is 6.33. The Hall–Kier alpha value is -2.47. The van der Waals surface area contributed by atoms with Gasteiger partial charge in [0, 0.05) is 36.8 Å². The first kappa shape index (κ1) is 19.2. The summed E-state index contributed by atoms with van der Waals surface area (Å²) in [7, 11) is -0.579. The number of nitrogens with zero attached hydrogens (tertiary/aromatic N) is 3. The number of piperidine rings is 3. The van der Waals surface area contributed by atoms with E-state index in [0.717, 1.165) is 37.0 Å². The van der Waals surface area contributed by atoms with Crippen molar-refractivity contribution in [1.82, 2.24) is 14.7 Å². The molecule has 1 aromatic heterocycles. The molecule has 156 valence electrons. The lowest BCUT2D eigenvalue weighted by molar-refractivity contribution is -0.0153. The van der Waals surface area contributed by atoms with E-state index in [1.807, 2.05) is 12.3 Å². The van der Waals surface area contributed by atoms with E-state index >= 15 is 0 Å². The van der Waals surface area contributed by atoms with Crippen molar-refractivity contribution in [2.75, 3.05) is 13.1 Å². The lowest BCUT2D eigenvalue weighted by Gasteiger charge is -2.53. The Bertz CT molecular complexity index is 1130. The highest BCUT2D eigenvalue weighted by Gasteiger charge is 2.48. The van der Waals surface area contributed by atoms with Gasteiger partial charge < -0.3 is 9.83 Å². The fraction of sp³-hybridized carbons (Fsp3) is 0.346. The highest BCUT2D eigenvalue weighted by atomic mass is 16.2. The van der Waals surface area contributed by atoms with Gasteiger partial charge in [-0.25, -0.2) is 0 Å². The quantitative estimate of drug-likeness (QED) is 0.530. The van der Waals surface area contributed by atoms with Gasteiger partial charge in [0.1, 0.15) is 0 Å². The SMILES string of the molecule is C=C[C@@H]1CN2CC[C@H]1C[C@H]2[C@H](c1ccnc2ccccc12)N1Cc2ccccc2B1O. The van der Waals surface area contributed by atoms with Gasteiger partial charge in [0.05, 0.1) is 5.52 Å². The maximum Gasteiger partial charge on any atom is 0.417 e. The van der Waals surface area contributed by atoms with Crippen molar-refractivity contribution >= 4 is 23.4 Å². The highest BCUT2D eigenvalue weighted by Crippen LogP contribution is 2.45. The molecule has 5 atom stereocenters. The minimum absolute atomic E-state index is 0.115. The van der Waals surface area contributed by atoms with Crippen LogP contribution in [0.25, 0.3) is 10.9 Å². The number of rotatable bonds is 4. The molecular weight excluding hydrogens is 381 g/mol. The van der Waals surface area contributed by atoms with Crippen molar-refractivity contribution in [1.29, 1.82) is 0 Å². The third-order valence-corrected chi connectivity index (χ3v) is 7.88. The van der Waals surface area contributed by atoms with Crippen molar-refractivity contribution in [3.63, 3.8) is 0 Å². The van der Waals surface area contributed by atoms with Crippen LogP contribution in [-0.2, 0) is 6.54 Å². The summed E-state index contributed by atoms with van der Waals surface area (Å²) in [4.78, 5) is 9.59. The Kier molecular flexibility index (Phi) is 4.71. The molecule has 0 amide bonds. The molecule has 4 nitrogen and oxygen atoms in total. The van der Waals surface area contributed by atoms with E-state index < -0.39 is 7.05 Å². The number of hydrogen-bond donors (Lipinski definition) is 1. The second kappa shape index (κ2) is 7.59. The number of para-hydroxylation sites is 1. The Labute approximate surface area is 184 Å². The van der Waals surface area contributed by atoms with Crippen molar-refractivity contribution in [3.8, 4) is 0 Å². The van der Waals surface area contributed by atoms with E-state index in [1.165, 1.54) is 22.9 Å². The van der Waals surface area contributed by atoms with Crippen molar-refractivity contribution in [2.24, 2.45) is 11.8 Å². The summed E-state index contributed by atoms with van der Waals surface area (Å²) >= 11 is 0. The van der Waals surface area contributed by atoms with Crippen molar-refractivity contribution in [2.45, 2.75) is 31.5 Å². The zero-order chi connectivity index (χ0) is 20.9. The van der Waals surface area contributed by atoms with Gasteiger partial charge in [-0.2, -0.15) is 0 Å². The maximum absolute atomic E-state index is 11.4. The molecule has 5 heteroatoms. The molecule has 0 saturated carbocycles. The third-order valence-electron chi connectivity index (χ3n) is 7.88. The first-order chi connectivity index (χ1) is 15.2. The van der Waals surface area contributed by atoms with Gasteiger partial charge in [-0.15, -0.1) is 6.58 Å². The van der Waals surface area contributed by atoms with Crippen LogP contribution in [0.1, 0.15) is 30.0 Å². The van der Waals surface area contributed by atoms with E-state index in [2.05, 4.69) is 75.9 Å². The summed E-state index contributed by atoms with van der Waals surface area (Å²) < 4.78 is 0. The van der Waals surface area contributed by atoms with Crippen LogP contribution in [-0.4, -0.2) is 45.9 Å². The first-order valence-corrected chi connectivity index (χ1v) is 11.5. The second-order valence-corrected chi connectivity index (χ2v) is 9.35. The van der Waals surface area contributed by atoms with E-state index in [0.29, 0.717) is 17.9 Å². The molecule has 3 saturated heterocycles. The maximum atomic E-state index is 11.4. The molecule has 31 heavy (non-hydrogen) atoms. The van der Waals surface area contributed by atoms with E-state index in [-0.39, 0.29) is 6.04 Å². The minimum Gasteiger partial charge on any atom is -0.433 e. The molecule has 2 aromatic carbocycles. The first-order valence-electron chi connectivity index (χ1n) is 11.5. The standard InChI is InChI=1S/C26H28BN3O/c1-2-18-16-29-14-12-19(18)15-25(29)26(22-11-13-28-24-10-6-4-8-21(22)24)30-17-20-7-3-5-9-23(20)27(30)31/h2-11,13,18-19,25-26,31H,1,12,14-17H2/t18-,19+,25+,26+/m1/s1. The van der Waals surface area contributed by atoms with Gasteiger partial charge >= 0.3 is 7.05 Å². The smallest absolute Gasteiger partial charge is 0.417 e. The van der Waals surface area contributed by atoms with Crippen LogP contribution in [0.3, 0.4) is 0 Å².